The van der Waals surface area contributed by atoms with Crippen LogP contribution < -0.4 is 10.6 Å². The van der Waals surface area contributed by atoms with Gasteiger partial charge < -0.3 is 15.2 Å². The zero-order valence-corrected chi connectivity index (χ0v) is 14.3. The molecule has 3 rings (SSSR count). The first-order chi connectivity index (χ1) is 12.1. The Morgan fingerprint density at radius 2 is 1.92 bits per heavy atom. The molecule has 2 aromatic carbocycles. The SMILES string of the molecule is Cc1cc(C(=O)Nc2cccc(CN[C@@H](C)c3ccccc3)c2)no1. The first kappa shape index (κ1) is 16.9. The minimum absolute atomic E-state index is 0.248. The second-order valence-corrected chi connectivity index (χ2v) is 5.99. The quantitative estimate of drug-likeness (QED) is 0.712. The first-order valence-electron chi connectivity index (χ1n) is 8.24. The maximum atomic E-state index is 12.1. The maximum Gasteiger partial charge on any atom is 0.277 e. The number of amides is 1. The molecule has 1 heterocycles. The van der Waals surface area contributed by atoms with Gasteiger partial charge in [-0.1, -0.05) is 47.6 Å². The lowest BCUT2D eigenvalue weighted by Gasteiger charge is -2.14. The minimum atomic E-state index is -0.278. The van der Waals surface area contributed by atoms with Crippen LogP contribution in [0.5, 0.6) is 0 Å². The predicted octanol–water partition coefficient (Wildman–Crippen LogP) is 4.09. The van der Waals surface area contributed by atoms with E-state index in [-0.39, 0.29) is 17.6 Å². The van der Waals surface area contributed by atoms with Gasteiger partial charge in [-0.2, -0.15) is 0 Å². The molecule has 1 aromatic heterocycles. The highest BCUT2D eigenvalue weighted by Gasteiger charge is 2.11. The third kappa shape index (κ3) is 4.55. The van der Waals surface area contributed by atoms with Crippen LogP contribution in [0.4, 0.5) is 5.69 Å². The lowest BCUT2D eigenvalue weighted by atomic mass is 10.1. The van der Waals surface area contributed by atoms with Crippen molar-refractivity contribution in [3.63, 3.8) is 0 Å². The zero-order valence-electron chi connectivity index (χ0n) is 14.3. The summed E-state index contributed by atoms with van der Waals surface area (Å²) < 4.78 is 4.93. The Morgan fingerprint density at radius 1 is 1.12 bits per heavy atom. The Morgan fingerprint density at radius 3 is 2.64 bits per heavy atom. The van der Waals surface area contributed by atoms with Crippen LogP contribution in [0.15, 0.2) is 65.2 Å². The van der Waals surface area contributed by atoms with Gasteiger partial charge in [-0.15, -0.1) is 0 Å². The summed E-state index contributed by atoms with van der Waals surface area (Å²) in [7, 11) is 0. The molecule has 1 amide bonds. The fourth-order valence-electron chi connectivity index (χ4n) is 2.56. The molecule has 2 N–H and O–H groups in total. The number of hydrogen-bond donors (Lipinski definition) is 2. The van der Waals surface area contributed by atoms with Crippen molar-refractivity contribution in [2.75, 3.05) is 5.32 Å². The van der Waals surface area contributed by atoms with Crippen LogP contribution in [-0.2, 0) is 6.54 Å². The average Bonchev–Trinajstić information content (AvgIpc) is 3.07. The molecule has 1 atom stereocenters. The molecule has 5 heteroatoms. The van der Waals surface area contributed by atoms with E-state index in [1.165, 1.54) is 5.56 Å². The number of nitrogens with zero attached hydrogens (tertiary/aromatic N) is 1. The van der Waals surface area contributed by atoms with Crippen LogP contribution in [-0.4, -0.2) is 11.1 Å². The number of hydrogen-bond acceptors (Lipinski definition) is 4. The van der Waals surface area contributed by atoms with Crippen LogP contribution in [0.2, 0.25) is 0 Å². The second-order valence-electron chi connectivity index (χ2n) is 5.99. The van der Waals surface area contributed by atoms with Gasteiger partial charge in [0.1, 0.15) is 5.76 Å². The van der Waals surface area contributed by atoms with Gasteiger partial charge in [0, 0.05) is 24.3 Å². The summed E-state index contributed by atoms with van der Waals surface area (Å²) >= 11 is 0. The third-order valence-corrected chi connectivity index (χ3v) is 3.96. The molecule has 0 spiro atoms. The van der Waals surface area contributed by atoms with Crippen molar-refractivity contribution < 1.29 is 9.32 Å². The summed E-state index contributed by atoms with van der Waals surface area (Å²) in [5.74, 6) is 0.331. The van der Waals surface area contributed by atoms with Crippen molar-refractivity contribution in [3.8, 4) is 0 Å². The summed E-state index contributed by atoms with van der Waals surface area (Å²) in [5, 5.41) is 10.1. The Kier molecular flexibility index (Phi) is 5.26. The standard InChI is InChI=1S/C20H21N3O2/c1-14-11-19(23-25-14)20(24)22-18-10-6-7-16(12-18)13-21-15(2)17-8-4-3-5-9-17/h3-12,15,21H,13H2,1-2H3,(H,22,24)/t15-/m0/s1. The number of carbonyl (C=O) groups excluding carboxylic acids is 1. The molecular weight excluding hydrogens is 314 g/mol. The Bertz CT molecular complexity index is 843. The molecule has 0 aliphatic heterocycles. The topological polar surface area (TPSA) is 67.2 Å². The van der Waals surface area contributed by atoms with E-state index in [2.05, 4.69) is 34.8 Å². The summed E-state index contributed by atoms with van der Waals surface area (Å²) in [6, 6.07) is 19.9. The molecule has 0 bridgehead atoms. The van der Waals surface area contributed by atoms with Crippen molar-refractivity contribution in [3.05, 3.63) is 83.2 Å². The zero-order chi connectivity index (χ0) is 17.6. The molecule has 3 aromatic rings. The van der Waals surface area contributed by atoms with E-state index in [1.54, 1.807) is 13.0 Å². The Labute approximate surface area is 147 Å². The van der Waals surface area contributed by atoms with Crippen molar-refractivity contribution in [2.24, 2.45) is 0 Å². The van der Waals surface area contributed by atoms with Gasteiger partial charge >= 0.3 is 0 Å². The molecule has 0 aliphatic rings. The van der Waals surface area contributed by atoms with Gasteiger partial charge in [-0.25, -0.2) is 0 Å². The molecular formula is C20H21N3O2. The third-order valence-electron chi connectivity index (χ3n) is 3.96. The van der Waals surface area contributed by atoms with Crippen LogP contribution in [0.25, 0.3) is 0 Å². The van der Waals surface area contributed by atoms with Crippen molar-refractivity contribution >= 4 is 11.6 Å². The minimum Gasteiger partial charge on any atom is -0.361 e. The van der Waals surface area contributed by atoms with Crippen molar-refractivity contribution in [1.29, 1.82) is 0 Å². The number of aryl methyl sites for hydroxylation is 1. The number of anilines is 1. The van der Waals surface area contributed by atoms with E-state index >= 15 is 0 Å². The molecule has 25 heavy (non-hydrogen) atoms. The van der Waals surface area contributed by atoms with Crippen LogP contribution in [0.1, 0.15) is 40.3 Å². The van der Waals surface area contributed by atoms with E-state index in [1.807, 2.05) is 42.5 Å². The van der Waals surface area contributed by atoms with Gasteiger partial charge in [0.05, 0.1) is 0 Å². The van der Waals surface area contributed by atoms with Gasteiger partial charge in [0.2, 0.25) is 0 Å². The summed E-state index contributed by atoms with van der Waals surface area (Å²) in [4.78, 5) is 12.1. The summed E-state index contributed by atoms with van der Waals surface area (Å²) in [6.07, 6.45) is 0. The van der Waals surface area contributed by atoms with E-state index in [4.69, 9.17) is 4.52 Å². The molecule has 5 nitrogen and oxygen atoms in total. The highest BCUT2D eigenvalue weighted by molar-refractivity contribution is 6.02. The predicted molar refractivity (Wildman–Crippen MR) is 97.3 cm³/mol. The van der Waals surface area contributed by atoms with Crippen molar-refractivity contribution in [1.82, 2.24) is 10.5 Å². The summed E-state index contributed by atoms with van der Waals surface area (Å²) in [5.41, 5.74) is 3.35. The van der Waals surface area contributed by atoms with E-state index in [9.17, 15) is 4.79 Å². The Balaban J connectivity index is 1.60. The number of nitrogens with one attached hydrogen (secondary N) is 2. The number of rotatable bonds is 6. The highest BCUT2D eigenvalue weighted by Crippen LogP contribution is 2.15. The van der Waals surface area contributed by atoms with E-state index in [0.29, 0.717) is 12.3 Å². The highest BCUT2D eigenvalue weighted by atomic mass is 16.5. The maximum absolute atomic E-state index is 12.1. The fourth-order valence-corrected chi connectivity index (χ4v) is 2.56. The van der Waals surface area contributed by atoms with Crippen LogP contribution >= 0.6 is 0 Å². The smallest absolute Gasteiger partial charge is 0.277 e. The van der Waals surface area contributed by atoms with E-state index < -0.39 is 0 Å². The monoisotopic (exact) mass is 335 g/mol. The van der Waals surface area contributed by atoms with Crippen molar-refractivity contribution in [2.45, 2.75) is 26.4 Å². The number of aromatic nitrogens is 1. The normalized spacial score (nSPS) is 11.9. The summed E-state index contributed by atoms with van der Waals surface area (Å²) in [6.45, 7) is 4.60. The van der Waals surface area contributed by atoms with Crippen LogP contribution in [0, 0.1) is 6.92 Å². The molecule has 0 fully saturated rings. The molecule has 0 radical (unpaired) electrons. The fraction of sp³-hybridized carbons (Fsp3) is 0.200. The molecule has 0 aliphatic carbocycles. The van der Waals surface area contributed by atoms with Gasteiger partial charge in [-0.05, 0) is 37.1 Å². The largest absolute Gasteiger partial charge is 0.361 e. The molecule has 128 valence electrons. The van der Waals surface area contributed by atoms with Gasteiger partial charge in [0.15, 0.2) is 5.69 Å². The average molecular weight is 335 g/mol. The first-order valence-corrected chi connectivity index (χ1v) is 8.24. The second kappa shape index (κ2) is 7.77. The van der Waals surface area contributed by atoms with Crippen LogP contribution in [0.3, 0.4) is 0 Å². The van der Waals surface area contributed by atoms with Gasteiger partial charge in [-0.3, -0.25) is 4.79 Å². The lowest BCUT2D eigenvalue weighted by molar-refractivity contribution is 0.101. The Hall–Kier alpha value is -2.92. The molecule has 0 saturated heterocycles. The lowest BCUT2D eigenvalue weighted by Crippen LogP contribution is -2.18. The molecule has 0 unspecified atom stereocenters. The molecule has 0 saturated carbocycles. The van der Waals surface area contributed by atoms with E-state index in [0.717, 1.165) is 11.3 Å². The number of carbonyl (C=O) groups is 1. The number of benzene rings is 2. The van der Waals surface area contributed by atoms with Gasteiger partial charge in [0.25, 0.3) is 5.91 Å².